The van der Waals surface area contributed by atoms with Crippen molar-refractivity contribution in [3.8, 4) is 6.07 Å². The summed E-state index contributed by atoms with van der Waals surface area (Å²) in [6, 6.07) is 2.25. The van der Waals surface area contributed by atoms with Crippen LogP contribution in [0.5, 0.6) is 0 Å². The molecule has 0 spiro atoms. The highest BCUT2D eigenvalue weighted by atomic mass is 32.2. The van der Waals surface area contributed by atoms with Gasteiger partial charge in [0.25, 0.3) is 0 Å². The lowest BCUT2D eigenvalue weighted by Crippen LogP contribution is -2.46. The summed E-state index contributed by atoms with van der Waals surface area (Å²) in [5.41, 5.74) is 3.57. The minimum Gasteiger partial charge on any atom is -0.340 e. The van der Waals surface area contributed by atoms with E-state index in [-0.39, 0.29) is 5.91 Å². The number of pyridine rings is 1. The Morgan fingerprint density at radius 2 is 2.09 bits per heavy atom. The van der Waals surface area contributed by atoms with E-state index in [1.54, 1.807) is 0 Å². The Morgan fingerprint density at radius 3 is 2.68 bits per heavy atom. The first-order chi connectivity index (χ1) is 10.6. The van der Waals surface area contributed by atoms with Gasteiger partial charge in [-0.1, -0.05) is 0 Å². The van der Waals surface area contributed by atoms with Crippen LogP contribution in [0.3, 0.4) is 0 Å². The summed E-state index contributed by atoms with van der Waals surface area (Å²) in [5.74, 6) is 0.188. The first-order valence-corrected chi connectivity index (χ1v) is 8.73. The fraction of sp³-hybridized carbons (Fsp3) is 0.562. The van der Waals surface area contributed by atoms with Crippen molar-refractivity contribution in [1.29, 1.82) is 5.26 Å². The van der Waals surface area contributed by atoms with Crippen LogP contribution >= 0.6 is 11.8 Å². The smallest absolute Gasteiger partial charge is 0.222 e. The monoisotopic (exact) mass is 318 g/mol. The van der Waals surface area contributed by atoms with Crippen LogP contribution in [0.15, 0.2) is 5.03 Å². The van der Waals surface area contributed by atoms with Gasteiger partial charge < -0.3 is 10.2 Å². The Bertz CT molecular complexity index is 603. The highest BCUT2D eigenvalue weighted by molar-refractivity contribution is 7.98. The second-order valence-corrected chi connectivity index (χ2v) is 6.22. The summed E-state index contributed by atoms with van der Waals surface area (Å²) in [6.07, 6.45) is 3.05. The van der Waals surface area contributed by atoms with Gasteiger partial charge in [0, 0.05) is 38.3 Å². The third-order valence-electron chi connectivity index (χ3n) is 4.11. The molecule has 1 aliphatic heterocycles. The van der Waals surface area contributed by atoms with Crippen molar-refractivity contribution >= 4 is 17.7 Å². The van der Waals surface area contributed by atoms with Gasteiger partial charge in [-0.05, 0) is 37.7 Å². The molecule has 2 rings (SSSR count). The number of nitrogens with zero attached hydrogens (tertiary/aromatic N) is 3. The molecule has 0 aromatic carbocycles. The quantitative estimate of drug-likeness (QED) is 0.855. The van der Waals surface area contributed by atoms with Gasteiger partial charge in [-0.2, -0.15) is 5.26 Å². The number of carbonyl (C=O) groups is 1. The zero-order valence-electron chi connectivity index (χ0n) is 13.4. The molecular weight excluding hydrogens is 296 g/mol. The number of thioether (sulfide) groups is 1. The molecule has 1 saturated heterocycles. The van der Waals surface area contributed by atoms with Gasteiger partial charge in [0.05, 0.1) is 5.56 Å². The Morgan fingerprint density at radius 1 is 1.41 bits per heavy atom. The third-order valence-corrected chi connectivity index (χ3v) is 4.79. The maximum absolute atomic E-state index is 12.3. The van der Waals surface area contributed by atoms with Crippen LogP contribution in [0.4, 0.5) is 0 Å². The van der Waals surface area contributed by atoms with E-state index in [0.717, 1.165) is 48.0 Å². The minimum atomic E-state index is 0.188. The van der Waals surface area contributed by atoms with Crippen LogP contribution in [0.2, 0.25) is 0 Å². The van der Waals surface area contributed by atoms with Gasteiger partial charge >= 0.3 is 0 Å². The molecule has 0 atom stereocenters. The standard InChI is InChI=1S/C16H22N4OS/c1-11-13(12(2)19-16(22-3)14(11)10-17)4-5-15(21)20-8-6-18-7-9-20/h18H,4-9H2,1-3H3. The first kappa shape index (κ1) is 16.8. The molecule has 1 aromatic rings. The molecule has 6 heteroatoms. The van der Waals surface area contributed by atoms with E-state index in [9.17, 15) is 10.1 Å². The summed E-state index contributed by atoms with van der Waals surface area (Å²) < 4.78 is 0. The van der Waals surface area contributed by atoms with Crippen LogP contribution in [0.1, 0.15) is 28.8 Å². The summed E-state index contributed by atoms with van der Waals surface area (Å²) in [5, 5.41) is 13.4. The van der Waals surface area contributed by atoms with E-state index >= 15 is 0 Å². The highest BCUT2D eigenvalue weighted by Crippen LogP contribution is 2.26. The van der Waals surface area contributed by atoms with Crippen LogP contribution in [0.25, 0.3) is 0 Å². The Balaban J connectivity index is 2.12. The Labute approximate surface area is 136 Å². The molecule has 5 nitrogen and oxygen atoms in total. The molecule has 118 valence electrons. The number of hydrogen-bond donors (Lipinski definition) is 1. The molecule has 0 saturated carbocycles. The number of amides is 1. The molecular formula is C16H22N4OS. The molecule has 1 fully saturated rings. The maximum Gasteiger partial charge on any atom is 0.222 e. The van der Waals surface area contributed by atoms with Crippen molar-refractivity contribution in [2.75, 3.05) is 32.4 Å². The number of aromatic nitrogens is 1. The van der Waals surface area contributed by atoms with Gasteiger partial charge in [0.15, 0.2) is 0 Å². The number of aryl methyl sites for hydroxylation is 1. The first-order valence-electron chi connectivity index (χ1n) is 7.51. The maximum atomic E-state index is 12.3. The SMILES string of the molecule is CSc1nc(C)c(CCC(=O)N2CCNCC2)c(C)c1C#N. The zero-order chi connectivity index (χ0) is 16.1. The van der Waals surface area contributed by atoms with Crippen molar-refractivity contribution < 1.29 is 4.79 Å². The predicted octanol–water partition coefficient (Wildman–Crippen LogP) is 1.66. The largest absolute Gasteiger partial charge is 0.340 e. The van der Waals surface area contributed by atoms with Crippen LogP contribution in [-0.4, -0.2) is 48.2 Å². The molecule has 1 N–H and O–H groups in total. The molecule has 0 aliphatic carbocycles. The molecule has 0 unspecified atom stereocenters. The van der Waals surface area contributed by atoms with E-state index in [4.69, 9.17) is 0 Å². The molecule has 1 aromatic heterocycles. The fourth-order valence-electron chi connectivity index (χ4n) is 2.81. The van der Waals surface area contributed by atoms with E-state index < -0.39 is 0 Å². The second-order valence-electron chi connectivity index (χ2n) is 5.43. The van der Waals surface area contributed by atoms with Crippen molar-refractivity contribution in [1.82, 2.24) is 15.2 Å². The van der Waals surface area contributed by atoms with Gasteiger partial charge in [-0.25, -0.2) is 4.98 Å². The van der Waals surface area contributed by atoms with Crippen molar-refractivity contribution in [2.24, 2.45) is 0 Å². The van der Waals surface area contributed by atoms with E-state index in [1.807, 2.05) is 25.0 Å². The van der Waals surface area contributed by atoms with Crippen LogP contribution < -0.4 is 5.32 Å². The zero-order valence-corrected chi connectivity index (χ0v) is 14.2. The number of nitrogens with one attached hydrogen (secondary N) is 1. The Kier molecular flexibility index (Phi) is 5.81. The van der Waals surface area contributed by atoms with Crippen LogP contribution in [-0.2, 0) is 11.2 Å². The lowest BCUT2D eigenvalue weighted by Gasteiger charge is -2.27. The van der Waals surface area contributed by atoms with E-state index in [1.165, 1.54) is 11.8 Å². The van der Waals surface area contributed by atoms with Gasteiger partial charge in [-0.15, -0.1) is 11.8 Å². The number of piperazine rings is 1. The van der Waals surface area contributed by atoms with E-state index in [0.29, 0.717) is 18.4 Å². The van der Waals surface area contributed by atoms with Gasteiger partial charge in [-0.3, -0.25) is 4.79 Å². The van der Waals surface area contributed by atoms with Crippen molar-refractivity contribution in [3.63, 3.8) is 0 Å². The number of nitriles is 1. The fourth-order valence-corrected chi connectivity index (χ4v) is 3.44. The lowest BCUT2D eigenvalue weighted by atomic mass is 9.99. The number of rotatable bonds is 4. The van der Waals surface area contributed by atoms with Crippen molar-refractivity contribution in [2.45, 2.75) is 31.7 Å². The minimum absolute atomic E-state index is 0.188. The van der Waals surface area contributed by atoms with Crippen molar-refractivity contribution in [3.05, 3.63) is 22.4 Å². The van der Waals surface area contributed by atoms with Crippen LogP contribution in [0, 0.1) is 25.2 Å². The number of carbonyl (C=O) groups excluding carboxylic acids is 1. The van der Waals surface area contributed by atoms with E-state index in [2.05, 4.69) is 16.4 Å². The summed E-state index contributed by atoms with van der Waals surface area (Å²) in [7, 11) is 0. The lowest BCUT2D eigenvalue weighted by molar-refractivity contribution is -0.131. The average molecular weight is 318 g/mol. The number of hydrogen-bond acceptors (Lipinski definition) is 5. The second kappa shape index (κ2) is 7.61. The molecule has 0 bridgehead atoms. The summed E-state index contributed by atoms with van der Waals surface area (Å²) in [4.78, 5) is 18.7. The topological polar surface area (TPSA) is 69.0 Å². The van der Waals surface area contributed by atoms with Gasteiger partial charge in [0.1, 0.15) is 11.1 Å². The summed E-state index contributed by atoms with van der Waals surface area (Å²) in [6.45, 7) is 7.21. The molecule has 22 heavy (non-hydrogen) atoms. The molecule has 2 heterocycles. The molecule has 1 amide bonds. The highest BCUT2D eigenvalue weighted by Gasteiger charge is 2.19. The average Bonchev–Trinajstić information content (AvgIpc) is 2.54. The van der Waals surface area contributed by atoms with Gasteiger partial charge in [0.2, 0.25) is 5.91 Å². The Hall–Kier alpha value is -1.58. The summed E-state index contributed by atoms with van der Waals surface area (Å²) >= 11 is 1.49. The normalized spacial score (nSPS) is 14.7. The predicted molar refractivity (Wildman–Crippen MR) is 88.0 cm³/mol. The molecule has 0 radical (unpaired) electrons. The molecule has 1 aliphatic rings. The third kappa shape index (κ3) is 3.60.